The number of rotatable bonds is 4. The van der Waals surface area contributed by atoms with Gasteiger partial charge in [-0.1, -0.05) is 6.07 Å². The van der Waals surface area contributed by atoms with Crippen LogP contribution in [0, 0.1) is 5.82 Å². The summed E-state index contributed by atoms with van der Waals surface area (Å²) in [6, 6.07) is 3.75. The molecule has 0 fully saturated rings. The Balaban J connectivity index is 2.88. The second-order valence-electron chi connectivity index (χ2n) is 2.98. The van der Waals surface area contributed by atoms with E-state index in [-0.39, 0.29) is 12.2 Å². The summed E-state index contributed by atoms with van der Waals surface area (Å²) >= 11 is 0. The molecule has 0 aliphatic carbocycles. The van der Waals surface area contributed by atoms with Crippen molar-refractivity contribution in [1.82, 2.24) is 0 Å². The van der Waals surface area contributed by atoms with Crippen LogP contribution in [0.15, 0.2) is 24.3 Å². The lowest BCUT2D eigenvalue weighted by atomic mass is 10.1. The quantitative estimate of drug-likeness (QED) is 0.445. The van der Waals surface area contributed by atoms with Crippen molar-refractivity contribution in [2.24, 2.45) is 0 Å². The second-order valence-corrected chi connectivity index (χ2v) is 2.98. The number of esters is 1. The molecular weight excluding hydrogens is 211 g/mol. The predicted octanol–water partition coefficient (Wildman–Crippen LogP) is 2.21. The van der Waals surface area contributed by atoms with E-state index in [1.165, 1.54) is 24.3 Å². The third-order valence-corrected chi connectivity index (χ3v) is 1.86. The first kappa shape index (κ1) is 12.1. The fraction of sp³-hybridized carbons (Fsp3) is 0.167. The highest BCUT2D eigenvalue weighted by Crippen LogP contribution is 2.11. The average molecular weight is 222 g/mol. The van der Waals surface area contributed by atoms with Gasteiger partial charge in [0.2, 0.25) is 0 Å². The number of hydrogen-bond donors (Lipinski definition) is 0. The van der Waals surface area contributed by atoms with E-state index >= 15 is 0 Å². The minimum absolute atomic E-state index is 0.195. The SMILES string of the molecule is CCOC(=O)C=Cc1ccc(F)cc1C=O. The Labute approximate surface area is 92.5 Å². The Kier molecular flexibility index (Phi) is 4.39. The number of carbonyl (C=O) groups is 2. The molecule has 0 N–H and O–H groups in total. The van der Waals surface area contributed by atoms with Crippen molar-refractivity contribution >= 4 is 18.3 Å². The molecule has 3 nitrogen and oxygen atoms in total. The monoisotopic (exact) mass is 222 g/mol. The third-order valence-electron chi connectivity index (χ3n) is 1.86. The van der Waals surface area contributed by atoms with E-state index in [1.807, 2.05) is 0 Å². The van der Waals surface area contributed by atoms with E-state index in [1.54, 1.807) is 6.92 Å². The van der Waals surface area contributed by atoms with Crippen molar-refractivity contribution in [3.05, 3.63) is 41.2 Å². The van der Waals surface area contributed by atoms with Gasteiger partial charge in [0.25, 0.3) is 0 Å². The minimum Gasteiger partial charge on any atom is -0.463 e. The van der Waals surface area contributed by atoms with Gasteiger partial charge < -0.3 is 4.74 Å². The summed E-state index contributed by atoms with van der Waals surface area (Å²) in [6.45, 7) is 1.98. The van der Waals surface area contributed by atoms with Gasteiger partial charge in [0.05, 0.1) is 6.61 Å². The van der Waals surface area contributed by atoms with Crippen LogP contribution < -0.4 is 0 Å². The number of halogens is 1. The van der Waals surface area contributed by atoms with Gasteiger partial charge in [0.15, 0.2) is 6.29 Å². The van der Waals surface area contributed by atoms with Crippen molar-refractivity contribution in [3.8, 4) is 0 Å². The maximum Gasteiger partial charge on any atom is 0.330 e. The molecule has 0 amide bonds. The first-order valence-corrected chi connectivity index (χ1v) is 4.77. The third kappa shape index (κ3) is 3.31. The normalized spacial score (nSPS) is 10.4. The fourth-order valence-corrected chi connectivity index (χ4v) is 1.15. The van der Waals surface area contributed by atoms with Gasteiger partial charge in [-0.25, -0.2) is 9.18 Å². The van der Waals surface area contributed by atoms with Gasteiger partial charge in [-0.05, 0) is 30.7 Å². The van der Waals surface area contributed by atoms with E-state index < -0.39 is 11.8 Å². The molecule has 0 spiro atoms. The lowest BCUT2D eigenvalue weighted by molar-refractivity contribution is -0.137. The Morgan fingerprint density at radius 1 is 1.44 bits per heavy atom. The first-order chi connectivity index (χ1) is 7.67. The van der Waals surface area contributed by atoms with Crippen molar-refractivity contribution in [2.75, 3.05) is 6.61 Å². The molecule has 0 heterocycles. The molecule has 0 aromatic heterocycles. The summed E-state index contributed by atoms with van der Waals surface area (Å²) in [5.41, 5.74) is 0.671. The van der Waals surface area contributed by atoms with Crippen molar-refractivity contribution < 1.29 is 18.7 Å². The highest BCUT2D eigenvalue weighted by Gasteiger charge is 2.01. The summed E-state index contributed by atoms with van der Waals surface area (Å²) in [6.07, 6.45) is 3.15. The maximum atomic E-state index is 12.8. The molecule has 84 valence electrons. The van der Waals surface area contributed by atoms with Crippen LogP contribution in [0.25, 0.3) is 6.08 Å². The zero-order valence-electron chi connectivity index (χ0n) is 8.77. The van der Waals surface area contributed by atoms with Crippen molar-refractivity contribution in [3.63, 3.8) is 0 Å². The molecule has 0 radical (unpaired) electrons. The summed E-state index contributed by atoms with van der Waals surface area (Å²) in [5, 5.41) is 0. The van der Waals surface area contributed by atoms with Crippen LogP contribution in [0.5, 0.6) is 0 Å². The smallest absolute Gasteiger partial charge is 0.330 e. The van der Waals surface area contributed by atoms with Gasteiger partial charge in [0.1, 0.15) is 5.82 Å². The number of aldehydes is 1. The Morgan fingerprint density at radius 2 is 2.19 bits per heavy atom. The molecule has 0 aliphatic heterocycles. The van der Waals surface area contributed by atoms with Gasteiger partial charge in [-0.15, -0.1) is 0 Å². The summed E-state index contributed by atoms with van der Waals surface area (Å²) in [7, 11) is 0. The Morgan fingerprint density at radius 3 is 2.81 bits per heavy atom. The number of hydrogen-bond acceptors (Lipinski definition) is 3. The molecular formula is C12H11FO3. The van der Waals surface area contributed by atoms with E-state index in [2.05, 4.69) is 4.74 Å². The zero-order valence-corrected chi connectivity index (χ0v) is 8.77. The number of ether oxygens (including phenoxy) is 1. The van der Waals surface area contributed by atoms with Crippen LogP contribution in [0.3, 0.4) is 0 Å². The highest BCUT2D eigenvalue weighted by atomic mass is 19.1. The van der Waals surface area contributed by atoms with Gasteiger partial charge >= 0.3 is 5.97 Å². The lowest BCUT2D eigenvalue weighted by Crippen LogP contribution is -1.99. The zero-order chi connectivity index (χ0) is 12.0. The van der Waals surface area contributed by atoms with Crippen LogP contribution >= 0.6 is 0 Å². The molecule has 4 heteroatoms. The topological polar surface area (TPSA) is 43.4 Å². The molecule has 0 atom stereocenters. The number of benzene rings is 1. The first-order valence-electron chi connectivity index (χ1n) is 4.77. The molecule has 0 aliphatic rings. The molecule has 0 unspecified atom stereocenters. The van der Waals surface area contributed by atoms with E-state index in [0.717, 1.165) is 6.07 Å². The van der Waals surface area contributed by atoms with E-state index in [0.29, 0.717) is 11.8 Å². The van der Waals surface area contributed by atoms with Gasteiger partial charge in [-0.2, -0.15) is 0 Å². The van der Waals surface area contributed by atoms with Gasteiger partial charge in [-0.3, -0.25) is 4.79 Å². The Hall–Kier alpha value is -1.97. The van der Waals surface area contributed by atoms with Crippen LogP contribution in [0.2, 0.25) is 0 Å². The van der Waals surface area contributed by atoms with E-state index in [9.17, 15) is 14.0 Å². The molecule has 1 rings (SSSR count). The van der Waals surface area contributed by atoms with Crippen LogP contribution in [0.1, 0.15) is 22.8 Å². The summed E-state index contributed by atoms with van der Waals surface area (Å²) in [4.78, 5) is 21.6. The highest BCUT2D eigenvalue weighted by molar-refractivity contribution is 5.90. The molecule has 0 saturated carbocycles. The van der Waals surface area contributed by atoms with Crippen LogP contribution in [-0.4, -0.2) is 18.9 Å². The van der Waals surface area contributed by atoms with Crippen LogP contribution in [-0.2, 0) is 9.53 Å². The second kappa shape index (κ2) is 5.80. The maximum absolute atomic E-state index is 12.8. The summed E-state index contributed by atoms with van der Waals surface area (Å²) < 4.78 is 17.5. The van der Waals surface area contributed by atoms with Crippen molar-refractivity contribution in [2.45, 2.75) is 6.92 Å². The fourth-order valence-electron chi connectivity index (χ4n) is 1.15. The van der Waals surface area contributed by atoms with Gasteiger partial charge in [0, 0.05) is 11.6 Å². The van der Waals surface area contributed by atoms with Crippen LogP contribution in [0.4, 0.5) is 4.39 Å². The predicted molar refractivity (Wildman–Crippen MR) is 57.5 cm³/mol. The molecule has 0 bridgehead atoms. The number of carbonyl (C=O) groups excluding carboxylic acids is 2. The molecule has 0 saturated heterocycles. The largest absolute Gasteiger partial charge is 0.463 e. The minimum atomic E-state index is -0.497. The molecule has 1 aromatic rings. The standard InChI is InChI=1S/C12H11FO3/c1-2-16-12(15)6-4-9-3-5-11(13)7-10(9)8-14/h3-8H,2H2,1H3. The average Bonchev–Trinajstić information content (AvgIpc) is 2.27. The molecule has 1 aromatic carbocycles. The summed E-state index contributed by atoms with van der Waals surface area (Å²) in [5.74, 6) is -0.987. The lowest BCUT2D eigenvalue weighted by Gasteiger charge is -1.99. The Bertz CT molecular complexity index is 424. The van der Waals surface area contributed by atoms with Crippen molar-refractivity contribution in [1.29, 1.82) is 0 Å². The molecule has 16 heavy (non-hydrogen) atoms. The van der Waals surface area contributed by atoms with E-state index in [4.69, 9.17) is 0 Å².